The summed E-state index contributed by atoms with van der Waals surface area (Å²) in [6.07, 6.45) is 4.30. The third kappa shape index (κ3) is 8.07. The van der Waals surface area contributed by atoms with Crippen LogP contribution in [-0.2, 0) is 26.2 Å². The molecule has 1 saturated carbocycles. The molecule has 0 radical (unpaired) electrons. The standard InChI is InChI=1S/C33H41N3O6S/c1-4-31(33(38)34-26-13-9-10-14-26)35(23-25-12-11-15-29(22-25)41-3)32(37)24-36(27-18-20-28(21-19-27)42-5-2)43(39,40)30-16-7-6-8-17-30/h6-8,11-12,15-22,26,31H,4-5,9-10,13-14,23-24H2,1-3H3,(H,34,38)/t31-/m1/s1. The number of amides is 2. The van der Waals surface area contributed by atoms with E-state index in [2.05, 4.69) is 5.32 Å². The molecule has 1 atom stereocenters. The van der Waals surface area contributed by atoms with Gasteiger partial charge in [0.1, 0.15) is 24.1 Å². The molecule has 10 heteroatoms. The number of nitrogens with one attached hydrogen (secondary N) is 1. The molecule has 1 aliphatic rings. The van der Waals surface area contributed by atoms with Crippen molar-refractivity contribution >= 4 is 27.5 Å². The van der Waals surface area contributed by atoms with E-state index in [1.807, 2.05) is 32.0 Å². The Balaban J connectivity index is 1.71. The molecule has 4 rings (SSSR count). The van der Waals surface area contributed by atoms with Gasteiger partial charge in [-0.25, -0.2) is 8.42 Å². The van der Waals surface area contributed by atoms with Gasteiger partial charge in [0.15, 0.2) is 0 Å². The topological polar surface area (TPSA) is 105 Å². The Morgan fingerprint density at radius 3 is 2.26 bits per heavy atom. The summed E-state index contributed by atoms with van der Waals surface area (Å²) < 4.78 is 40.0. The van der Waals surface area contributed by atoms with Crippen LogP contribution in [0.15, 0.2) is 83.8 Å². The van der Waals surface area contributed by atoms with Crippen LogP contribution in [0.5, 0.6) is 11.5 Å². The molecule has 0 unspecified atom stereocenters. The lowest BCUT2D eigenvalue weighted by molar-refractivity contribution is -0.140. The third-order valence-corrected chi connectivity index (χ3v) is 9.41. The maximum absolute atomic E-state index is 14.3. The van der Waals surface area contributed by atoms with Crippen LogP contribution in [0.4, 0.5) is 5.69 Å². The van der Waals surface area contributed by atoms with E-state index in [1.165, 1.54) is 17.0 Å². The summed E-state index contributed by atoms with van der Waals surface area (Å²) in [5.41, 5.74) is 1.07. The van der Waals surface area contributed by atoms with Gasteiger partial charge in [-0.05, 0) is 80.3 Å². The summed E-state index contributed by atoms with van der Waals surface area (Å²) in [6, 6.07) is 21.2. The minimum atomic E-state index is -4.14. The van der Waals surface area contributed by atoms with Crippen molar-refractivity contribution in [3.05, 3.63) is 84.4 Å². The lowest BCUT2D eigenvalue weighted by Gasteiger charge is -2.34. The van der Waals surface area contributed by atoms with Crippen LogP contribution in [0.3, 0.4) is 0 Å². The van der Waals surface area contributed by atoms with Crippen LogP contribution in [0.25, 0.3) is 0 Å². The van der Waals surface area contributed by atoms with E-state index >= 15 is 0 Å². The van der Waals surface area contributed by atoms with Crippen molar-refractivity contribution in [2.45, 2.75) is 69.5 Å². The highest BCUT2D eigenvalue weighted by Gasteiger charge is 2.34. The molecule has 0 heterocycles. The summed E-state index contributed by atoms with van der Waals surface area (Å²) in [7, 11) is -2.57. The van der Waals surface area contributed by atoms with Gasteiger partial charge in [0.25, 0.3) is 10.0 Å². The number of ether oxygens (including phenoxy) is 2. The Morgan fingerprint density at radius 1 is 0.930 bits per heavy atom. The van der Waals surface area contributed by atoms with Crippen molar-refractivity contribution < 1.29 is 27.5 Å². The van der Waals surface area contributed by atoms with Gasteiger partial charge in [-0.3, -0.25) is 13.9 Å². The van der Waals surface area contributed by atoms with Gasteiger partial charge in [0.2, 0.25) is 11.8 Å². The van der Waals surface area contributed by atoms with E-state index in [-0.39, 0.29) is 23.4 Å². The number of rotatable bonds is 14. The maximum atomic E-state index is 14.3. The predicted molar refractivity (Wildman–Crippen MR) is 167 cm³/mol. The molecule has 0 aliphatic heterocycles. The van der Waals surface area contributed by atoms with Gasteiger partial charge in [0, 0.05) is 12.6 Å². The van der Waals surface area contributed by atoms with Crippen molar-refractivity contribution in [2.75, 3.05) is 24.6 Å². The maximum Gasteiger partial charge on any atom is 0.264 e. The van der Waals surface area contributed by atoms with Crippen molar-refractivity contribution in [3.8, 4) is 11.5 Å². The summed E-state index contributed by atoms with van der Waals surface area (Å²) in [5, 5.41) is 3.13. The van der Waals surface area contributed by atoms with Gasteiger partial charge in [-0.1, -0.05) is 50.1 Å². The number of hydrogen-bond acceptors (Lipinski definition) is 6. The third-order valence-electron chi connectivity index (χ3n) is 7.62. The SMILES string of the molecule is CCOc1ccc(N(CC(=O)N(Cc2cccc(OC)c2)[C@H](CC)C(=O)NC2CCCC2)S(=O)(=O)c2ccccc2)cc1. The Hall–Kier alpha value is -4.05. The molecule has 0 saturated heterocycles. The zero-order valence-electron chi connectivity index (χ0n) is 25.1. The molecule has 43 heavy (non-hydrogen) atoms. The van der Waals surface area contributed by atoms with Crippen molar-refractivity contribution in [3.63, 3.8) is 0 Å². The average Bonchev–Trinajstić information content (AvgIpc) is 3.54. The monoisotopic (exact) mass is 607 g/mol. The predicted octanol–water partition coefficient (Wildman–Crippen LogP) is 5.16. The summed E-state index contributed by atoms with van der Waals surface area (Å²) in [5.74, 6) is 0.480. The first-order valence-corrected chi connectivity index (χ1v) is 16.2. The molecule has 3 aromatic rings. The summed E-state index contributed by atoms with van der Waals surface area (Å²) in [6.45, 7) is 3.79. The second-order valence-corrected chi connectivity index (χ2v) is 12.4. The Bertz CT molecular complexity index is 1460. The number of sulfonamides is 1. The van der Waals surface area contributed by atoms with Crippen molar-refractivity contribution in [2.24, 2.45) is 0 Å². The van der Waals surface area contributed by atoms with Crippen LogP contribution in [0.2, 0.25) is 0 Å². The van der Waals surface area contributed by atoms with Gasteiger partial charge >= 0.3 is 0 Å². The highest BCUT2D eigenvalue weighted by Crippen LogP contribution is 2.27. The minimum Gasteiger partial charge on any atom is -0.497 e. The zero-order chi connectivity index (χ0) is 30.8. The Morgan fingerprint density at radius 2 is 1.63 bits per heavy atom. The fraction of sp³-hybridized carbons (Fsp3) is 0.394. The van der Waals surface area contributed by atoms with Gasteiger partial charge in [0.05, 0.1) is 24.3 Å². The first-order valence-electron chi connectivity index (χ1n) is 14.8. The molecule has 2 amide bonds. The molecule has 1 aliphatic carbocycles. The lowest BCUT2D eigenvalue weighted by atomic mass is 10.1. The largest absolute Gasteiger partial charge is 0.497 e. The van der Waals surface area contributed by atoms with E-state index in [0.717, 1.165) is 35.6 Å². The number of benzene rings is 3. The highest BCUT2D eigenvalue weighted by atomic mass is 32.2. The molecule has 3 aromatic carbocycles. The number of carbonyl (C=O) groups excluding carboxylic acids is 2. The molecule has 0 bridgehead atoms. The fourth-order valence-corrected chi connectivity index (χ4v) is 6.81. The first-order chi connectivity index (χ1) is 20.8. The number of methoxy groups -OCH3 is 1. The molecule has 0 aromatic heterocycles. The average molecular weight is 608 g/mol. The molecule has 9 nitrogen and oxygen atoms in total. The van der Waals surface area contributed by atoms with E-state index in [4.69, 9.17) is 9.47 Å². The molecule has 0 spiro atoms. The van der Waals surface area contributed by atoms with Gasteiger partial charge in [-0.2, -0.15) is 0 Å². The van der Waals surface area contributed by atoms with E-state index in [9.17, 15) is 18.0 Å². The second kappa shape index (κ2) is 14.9. The van der Waals surface area contributed by atoms with Crippen LogP contribution in [0, 0.1) is 0 Å². The number of nitrogens with zero attached hydrogens (tertiary/aromatic N) is 2. The molecule has 1 N–H and O–H groups in total. The Kier molecular flexibility index (Phi) is 11.1. The number of hydrogen-bond donors (Lipinski definition) is 1. The minimum absolute atomic E-state index is 0.0575. The quantitative estimate of drug-likeness (QED) is 0.272. The van der Waals surface area contributed by atoms with Crippen molar-refractivity contribution in [1.82, 2.24) is 10.2 Å². The summed E-state index contributed by atoms with van der Waals surface area (Å²) >= 11 is 0. The number of carbonyl (C=O) groups is 2. The second-order valence-electron chi connectivity index (χ2n) is 10.5. The number of anilines is 1. The van der Waals surface area contributed by atoms with E-state index < -0.39 is 28.5 Å². The zero-order valence-corrected chi connectivity index (χ0v) is 25.9. The summed E-state index contributed by atoms with van der Waals surface area (Å²) in [4.78, 5) is 29.4. The van der Waals surface area contributed by atoms with Gasteiger partial charge in [-0.15, -0.1) is 0 Å². The first kappa shape index (κ1) is 31.9. The molecular formula is C33H41N3O6S. The normalized spacial score (nSPS) is 14.1. The van der Waals surface area contributed by atoms with Crippen LogP contribution < -0.4 is 19.1 Å². The molecule has 1 fully saturated rings. The fourth-order valence-electron chi connectivity index (χ4n) is 5.38. The van der Waals surface area contributed by atoms with Crippen LogP contribution >= 0.6 is 0 Å². The highest BCUT2D eigenvalue weighted by molar-refractivity contribution is 7.92. The van der Waals surface area contributed by atoms with E-state index in [0.29, 0.717) is 30.2 Å². The smallest absolute Gasteiger partial charge is 0.264 e. The molecule has 230 valence electrons. The van der Waals surface area contributed by atoms with Crippen LogP contribution in [-0.4, -0.2) is 57.5 Å². The molecular weight excluding hydrogens is 566 g/mol. The van der Waals surface area contributed by atoms with Crippen molar-refractivity contribution in [1.29, 1.82) is 0 Å². The Labute approximate surface area is 254 Å². The lowest BCUT2D eigenvalue weighted by Crippen LogP contribution is -2.53. The van der Waals surface area contributed by atoms with Crippen LogP contribution in [0.1, 0.15) is 51.5 Å². The van der Waals surface area contributed by atoms with Gasteiger partial charge < -0.3 is 19.7 Å². The van der Waals surface area contributed by atoms with E-state index in [1.54, 1.807) is 55.6 Å².